The smallest absolute Gasteiger partial charge is 0.399 e. The second-order valence-corrected chi connectivity index (χ2v) is 16.5. The van der Waals surface area contributed by atoms with E-state index in [9.17, 15) is 0 Å². The standard InChI is InChI=1S/C41H44B2O4/c1-37(2)38(3,4)45-42(44-37)31-17-19-33-34-20-18-32(43-46-39(5,6)40(7,8)47-43)24-36(34)41(35(33)23-31,29-15-13-25-9-11-27(25)21-29)30-16-14-26-10-12-28(26)22-30/h13-24H,9-12H2,1-8H3. The Morgan fingerprint density at radius 1 is 0.426 bits per heavy atom. The van der Waals surface area contributed by atoms with Gasteiger partial charge in [0.05, 0.1) is 27.8 Å². The molecule has 238 valence electrons. The first kappa shape index (κ1) is 29.9. The summed E-state index contributed by atoms with van der Waals surface area (Å²) in [6, 6.07) is 28.3. The minimum atomic E-state index is -0.529. The fourth-order valence-electron chi connectivity index (χ4n) is 8.26. The van der Waals surface area contributed by atoms with Crippen molar-refractivity contribution in [3.8, 4) is 11.1 Å². The molecule has 2 fully saturated rings. The molecule has 4 nitrogen and oxygen atoms in total. The van der Waals surface area contributed by atoms with Crippen LogP contribution >= 0.6 is 0 Å². The number of hydrogen-bond acceptors (Lipinski definition) is 4. The van der Waals surface area contributed by atoms with Gasteiger partial charge in [0.2, 0.25) is 0 Å². The van der Waals surface area contributed by atoms with Crippen molar-refractivity contribution in [3.63, 3.8) is 0 Å². The van der Waals surface area contributed by atoms with Gasteiger partial charge in [-0.2, -0.15) is 0 Å². The highest BCUT2D eigenvalue weighted by Gasteiger charge is 2.55. The molecule has 4 aromatic rings. The van der Waals surface area contributed by atoms with E-state index in [0.717, 1.165) is 36.6 Å². The molecule has 6 heteroatoms. The summed E-state index contributed by atoms with van der Waals surface area (Å²) >= 11 is 0. The monoisotopic (exact) mass is 622 g/mol. The van der Waals surface area contributed by atoms with Crippen LogP contribution in [0.4, 0.5) is 0 Å². The van der Waals surface area contributed by atoms with E-state index in [2.05, 4.69) is 128 Å². The van der Waals surface area contributed by atoms with E-state index in [0.29, 0.717) is 0 Å². The molecular formula is C41H44B2O4. The zero-order chi connectivity index (χ0) is 32.7. The largest absolute Gasteiger partial charge is 0.494 e. The maximum absolute atomic E-state index is 6.62. The molecule has 0 spiro atoms. The minimum Gasteiger partial charge on any atom is -0.399 e. The van der Waals surface area contributed by atoms with E-state index >= 15 is 0 Å². The van der Waals surface area contributed by atoms with E-state index in [1.54, 1.807) is 0 Å². The van der Waals surface area contributed by atoms with Gasteiger partial charge >= 0.3 is 14.2 Å². The summed E-state index contributed by atoms with van der Waals surface area (Å²) in [5, 5.41) is 0. The third-order valence-corrected chi connectivity index (χ3v) is 12.8. The Balaban J connectivity index is 1.30. The van der Waals surface area contributed by atoms with Crippen molar-refractivity contribution in [2.24, 2.45) is 0 Å². The summed E-state index contributed by atoms with van der Waals surface area (Å²) in [7, 11) is -0.888. The van der Waals surface area contributed by atoms with Crippen LogP contribution in [0.1, 0.15) is 99.9 Å². The Morgan fingerprint density at radius 3 is 1.11 bits per heavy atom. The van der Waals surface area contributed by atoms with E-state index < -0.39 is 42.1 Å². The molecule has 9 rings (SSSR count). The first-order valence-corrected chi connectivity index (χ1v) is 17.5. The third kappa shape index (κ3) is 4.05. The molecule has 2 heterocycles. The molecule has 0 unspecified atom stereocenters. The highest BCUT2D eigenvalue weighted by atomic mass is 16.7. The minimum absolute atomic E-state index is 0.419. The van der Waals surface area contributed by atoms with E-state index in [1.165, 1.54) is 55.6 Å². The zero-order valence-corrected chi connectivity index (χ0v) is 29.0. The van der Waals surface area contributed by atoms with Gasteiger partial charge in [-0.05, 0) is 148 Å². The summed E-state index contributed by atoms with van der Waals surface area (Å²) in [6.45, 7) is 17.0. The number of fused-ring (bicyclic) bond motifs is 5. The van der Waals surface area contributed by atoms with Gasteiger partial charge in [-0.1, -0.05) is 72.8 Å². The number of hydrogen-bond donors (Lipinski definition) is 0. The van der Waals surface area contributed by atoms with Crippen LogP contribution in [0.2, 0.25) is 0 Å². The van der Waals surface area contributed by atoms with Crippen molar-refractivity contribution < 1.29 is 18.6 Å². The molecule has 3 aliphatic carbocycles. The van der Waals surface area contributed by atoms with Gasteiger partial charge in [0.1, 0.15) is 0 Å². The van der Waals surface area contributed by atoms with Gasteiger partial charge in [-0.25, -0.2) is 0 Å². The molecule has 0 saturated carbocycles. The van der Waals surface area contributed by atoms with Gasteiger partial charge in [-0.15, -0.1) is 0 Å². The molecule has 0 radical (unpaired) electrons. The third-order valence-electron chi connectivity index (χ3n) is 12.8. The lowest BCUT2D eigenvalue weighted by Gasteiger charge is -2.37. The van der Waals surface area contributed by atoms with Crippen LogP contribution in [0.5, 0.6) is 0 Å². The molecule has 4 aromatic carbocycles. The molecule has 2 saturated heterocycles. The van der Waals surface area contributed by atoms with Crippen molar-refractivity contribution in [2.45, 2.75) is 109 Å². The van der Waals surface area contributed by atoms with E-state index in [4.69, 9.17) is 18.6 Å². The Kier molecular flexibility index (Phi) is 6.06. The molecule has 2 aliphatic heterocycles. The molecule has 5 aliphatic rings. The van der Waals surface area contributed by atoms with Crippen molar-refractivity contribution in [3.05, 3.63) is 117 Å². The Morgan fingerprint density at radius 2 is 0.787 bits per heavy atom. The average molecular weight is 622 g/mol. The SMILES string of the molecule is CC1(C)OB(c2ccc3c(c2)C(c2ccc4c(c2)CC4)(c2ccc4c(c2)CC4)c2cc(B4OC(C)(C)C(C)(C)O4)ccc2-3)OC1(C)C. The highest BCUT2D eigenvalue weighted by molar-refractivity contribution is 6.62. The topological polar surface area (TPSA) is 36.9 Å². The normalized spacial score (nSPS) is 23.0. The molecule has 0 N–H and O–H groups in total. The molecule has 0 aromatic heterocycles. The van der Waals surface area contributed by atoms with Crippen LogP contribution in [-0.4, -0.2) is 36.6 Å². The lowest BCUT2D eigenvalue weighted by atomic mass is 9.63. The van der Waals surface area contributed by atoms with Crippen LogP contribution in [0.15, 0.2) is 72.8 Å². The molecule has 0 bridgehead atoms. The van der Waals surface area contributed by atoms with Gasteiger partial charge in [0.25, 0.3) is 0 Å². The second-order valence-electron chi connectivity index (χ2n) is 16.5. The maximum atomic E-state index is 6.62. The van der Waals surface area contributed by atoms with Crippen LogP contribution in [0.3, 0.4) is 0 Å². The Labute approximate surface area is 280 Å². The Hall–Kier alpha value is -3.15. The maximum Gasteiger partial charge on any atom is 0.494 e. The van der Waals surface area contributed by atoms with Gasteiger partial charge in [0.15, 0.2) is 0 Å². The predicted octanol–water partition coefficient (Wildman–Crippen LogP) is 6.85. The van der Waals surface area contributed by atoms with E-state index in [1.807, 2.05) is 0 Å². The van der Waals surface area contributed by atoms with Gasteiger partial charge in [-0.3, -0.25) is 0 Å². The summed E-state index contributed by atoms with van der Waals surface area (Å²) < 4.78 is 26.5. The van der Waals surface area contributed by atoms with Crippen LogP contribution in [0, 0.1) is 0 Å². The first-order chi connectivity index (χ1) is 22.2. The van der Waals surface area contributed by atoms with Crippen molar-refractivity contribution in [1.29, 1.82) is 0 Å². The predicted molar refractivity (Wildman–Crippen MR) is 190 cm³/mol. The van der Waals surface area contributed by atoms with Crippen molar-refractivity contribution in [2.75, 3.05) is 0 Å². The number of rotatable bonds is 4. The van der Waals surface area contributed by atoms with Crippen molar-refractivity contribution >= 4 is 25.2 Å². The van der Waals surface area contributed by atoms with Crippen LogP contribution in [0.25, 0.3) is 11.1 Å². The second kappa shape index (κ2) is 9.51. The molecular weight excluding hydrogens is 578 g/mol. The summed E-state index contributed by atoms with van der Waals surface area (Å²) in [5.41, 5.74) is 13.5. The lowest BCUT2D eigenvalue weighted by molar-refractivity contribution is 0.00578. The summed E-state index contributed by atoms with van der Waals surface area (Å²) in [6.07, 6.45) is 4.58. The van der Waals surface area contributed by atoms with Crippen molar-refractivity contribution in [1.82, 2.24) is 0 Å². The average Bonchev–Trinajstić information content (AvgIpc) is 3.48. The summed E-state index contributed by atoms with van der Waals surface area (Å²) in [5.74, 6) is 0. The lowest BCUT2D eigenvalue weighted by Crippen LogP contribution is -2.41. The fourth-order valence-corrected chi connectivity index (χ4v) is 8.26. The highest BCUT2D eigenvalue weighted by Crippen LogP contribution is 2.57. The summed E-state index contributed by atoms with van der Waals surface area (Å²) in [4.78, 5) is 0. The van der Waals surface area contributed by atoms with Crippen LogP contribution < -0.4 is 10.9 Å². The van der Waals surface area contributed by atoms with E-state index in [-0.39, 0.29) is 0 Å². The molecule has 0 atom stereocenters. The van der Waals surface area contributed by atoms with Gasteiger partial charge < -0.3 is 18.6 Å². The quantitative estimate of drug-likeness (QED) is 0.206. The number of aryl methyl sites for hydroxylation is 4. The van der Waals surface area contributed by atoms with Gasteiger partial charge in [0, 0.05) is 0 Å². The first-order valence-electron chi connectivity index (χ1n) is 17.5. The zero-order valence-electron chi connectivity index (χ0n) is 29.0. The molecule has 0 amide bonds. The molecule has 47 heavy (non-hydrogen) atoms. The number of benzene rings is 4. The Bertz CT molecular complexity index is 1810. The van der Waals surface area contributed by atoms with Crippen LogP contribution in [-0.2, 0) is 49.7 Å². The fraction of sp³-hybridized carbons (Fsp3) is 0.415.